The maximum atomic E-state index is 12.2. The van der Waals surface area contributed by atoms with Gasteiger partial charge in [0.15, 0.2) is 0 Å². The van der Waals surface area contributed by atoms with Crippen molar-refractivity contribution in [3.05, 3.63) is 0 Å². The van der Waals surface area contributed by atoms with E-state index in [4.69, 9.17) is 13.6 Å². The highest BCUT2D eigenvalue weighted by atomic mass is 35.5. The number of phosphoric ester groups is 1. The molecule has 1 heterocycles. The number of hydrogen-bond acceptors (Lipinski definition) is 6. The van der Waals surface area contributed by atoms with Gasteiger partial charge in [-0.15, -0.1) is 12.4 Å². The van der Waals surface area contributed by atoms with Crippen LogP contribution in [0.3, 0.4) is 0 Å². The molecule has 24 heavy (non-hydrogen) atoms. The second-order valence-corrected chi connectivity index (χ2v) is 8.79. The Kier molecular flexibility index (Phi) is 9.44. The molecular formula is C15H32ClN2O5P. The highest BCUT2D eigenvalue weighted by Crippen LogP contribution is 2.49. The lowest BCUT2D eigenvalue weighted by atomic mass is 9.79. The van der Waals surface area contributed by atoms with Crippen molar-refractivity contribution in [1.29, 1.82) is 0 Å². The summed E-state index contributed by atoms with van der Waals surface area (Å²) in [5.74, 6) is -0.317. The molecule has 144 valence electrons. The summed E-state index contributed by atoms with van der Waals surface area (Å²) in [6.07, 6.45) is 1.63. The second kappa shape index (κ2) is 9.51. The van der Waals surface area contributed by atoms with Crippen LogP contribution in [0.25, 0.3) is 0 Å². The van der Waals surface area contributed by atoms with Crippen LogP contribution in [0.2, 0.25) is 0 Å². The summed E-state index contributed by atoms with van der Waals surface area (Å²) in [5, 5.41) is 6.51. The quantitative estimate of drug-likeness (QED) is 0.623. The fourth-order valence-electron chi connectivity index (χ4n) is 3.26. The lowest BCUT2D eigenvalue weighted by molar-refractivity contribution is -0.125. The molecule has 1 aliphatic heterocycles. The minimum atomic E-state index is -3.65. The van der Waals surface area contributed by atoms with Crippen LogP contribution in [0.5, 0.6) is 0 Å². The van der Waals surface area contributed by atoms with E-state index in [1.807, 2.05) is 0 Å². The molecule has 0 atom stereocenters. The van der Waals surface area contributed by atoms with Crippen LogP contribution in [-0.2, 0) is 22.9 Å². The molecule has 0 unspecified atom stereocenters. The Labute approximate surface area is 151 Å². The van der Waals surface area contributed by atoms with Crippen molar-refractivity contribution in [2.45, 2.75) is 71.5 Å². The van der Waals surface area contributed by atoms with Crippen molar-refractivity contribution >= 4 is 26.1 Å². The van der Waals surface area contributed by atoms with Gasteiger partial charge >= 0.3 is 7.82 Å². The first-order valence-corrected chi connectivity index (χ1v) is 9.59. The molecule has 7 nitrogen and oxygen atoms in total. The molecule has 1 saturated heterocycles. The van der Waals surface area contributed by atoms with Crippen molar-refractivity contribution < 1.29 is 22.9 Å². The standard InChI is InChI=1S/C15H31N2O5P.ClH/c1-7-20-23(19,21-8-2)22-11-13(18)16-12-9-14(3,4)17-15(5,6)10-12;/h12,17H,7-11H2,1-6H3,(H,16,18);1H. The third-order valence-corrected chi connectivity index (χ3v) is 5.08. The van der Waals surface area contributed by atoms with Gasteiger partial charge in [-0.1, -0.05) is 0 Å². The van der Waals surface area contributed by atoms with Crippen LogP contribution >= 0.6 is 20.2 Å². The minimum absolute atomic E-state index is 0. The predicted octanol–water partition coefficient (Wildman–Crippen LogP) is 3.03. The summed E-state index contributed by atoms with van der Waals surface area (Å²) < 4.78 is 27.3. The summed E-state index contributed by atoms with van der Waals surface area (Å²) >= 11 is 0. The maximum Gasteiger partial charge on any atom is 0.475 e. The van der Waals surface area contributed by atoms with E-state index in [0.717, 1.165) is 12.8 Å². The number of phosphoric acid groups is 1. The van der Waals surface area contributed by atoms with E-state index >= 15 is 0 Å². The first-order valence-electron chi connectivity index (χ1n) is 8.13. The van der Waals surface area contributed by atoms with Crippen molar-refractivity contribution in [2.24, 2.45) is 0 Å². The molecule has 0 aliphatic carbocycles. The van der Waals surface area contributed by atoms with Crippen LogP contribution in [0.15, 0.2) is 0 Å². The molecule has 0 aromatic heterocycles. The highest BCUT2D eigenvalue weighted by Gasteiger charge is 2.38. The Morgan fingerprint density at radius 1 is 1.08 bits per heavy atom. The third-order valence-electron chi connectivity index (χ3n) is 3.48. The topological polar surface area (TPSA) is 85.9 Å². The van der Waals surface area contributed by atoms with Crippen molar-refractivity contribution in [3.63, 3.8) is 0 Å². The molecular weight excluding hydrogens is 355 g/mol. The van der Waals surface area contributed by atoms with Gasteiger partial charge in [-0.2, -0.15) is 0 Å². The molecule has 0 radical (unpaired) electrons. The highest BCUT2D eigenvalue weighted by molar-refractivity contribution is 7.48. The Balaban J connectivity index is 0.00000529. The number of rotatable bonds is 8. The zero-order chi connectivity index (χ0) is 17.7. The van der Waals surface area contributed by atoms with E-state index in [0.29, 0.717) is 0 Å². The van der Waals surface area contributed by atoms with Gasteiger partial charge < -0.3 is 10.6 Å². The van der Waals surface area contributed by atoms with Crippen LogP contribution in [0, 0.1) is 0 Å². The number of nitrogens with one attached hydrogen (secondary N) is 2. The molecule has 9 heteroatoms. The van der Waals surface area contributed by atoms with E-state index in [9.17, 15) is 9.36 Å². The van der Waals surface area contributed by atoms with Gasteiger partial charge in [0.1, 0.15) is 6.61 Å². The van der Waals surface area contributed by atoms with Gasteiger partial charge in [0.2, 0.25) is 5.91 Å². The summed E-state index contributed by atoms with van der Waals surface area (Å²) in [5.41, 5.74) is -0.126. The summed E-state index contributed by atoms with van der Waals surface area (Å²) in [7, 11) is -3.65. The third kappa shape index (κ3) is 8.28. The smallest absolute Gasteiger partial charge is 0.351 e. The zero-order valence-electron chi connectivity index (χ0n) is 15.5. The van der Waals surface area contributed by atoms with Gasteiger partial charge in [-0.3, -0.25) is 18.4 Å². The van der Waals surface area contributed by atoms with E-state index in [1.54, 1.807) is 13.8 Å². The maximum absolute atomic E-state index is 12.2. The number of hydrogen-bond donors (Lipinski definition) is 2. The van der Waals surface area contributed by atoms with E-state index in [2.05, 4.69) is 38.3 Å². The molecule has 0 aromatic carbocycles. The Hall–Kier alpha value is -0.170. The number of amides is 1. The molecule has 2 N–H and O–H groups in total. The second-order valence-electron chi connectivity index (χ2n) is 7.12. The largest absolute Gasteiger partial charge is 0.475 e. The lowest BCUT2D eigenvalue weighted by Crippen LogP contribution is -2.62. The normalized spacial score (nSPS) is 20.2. The number of halogens is 1. The zero-order valence-corrected chi connectivity index (χ0v) is 17.2. The number of carbonyl (C=O) groups is 1. The molecule has 0 bridgehead atoms. The molecule has 0 saturated carbocycles. The molecule has 0 spiro atoms. The monoisotopic (exact) mass is 386 g/mol. The average Bonchev–Trinajstić information content (AvgIpc) is 2.33. The molecule has 1 amide bonds. The summed E-state index contributed by atoms with van der Waals surface area (Å²) in [6, 6.07) is 0.0379. The average molecular weight is 387 g/mol. The van der Waals surface area contributed by atoms with Crippen molar-refractivity contribution in [2.75, 3.05) is 19.8 Å². The van der Waals surface area contributed by atoms with Crippen LogP contribution in [0.4, 0.5) is 0 Å². The lowest BCUT2D eigenvalue weighted by Gasteiger charge is -2.46. The molecule has 1 aliphatic rings. The number of carbonyl (C=O) groups excluding carboxylic acids is 1. The molecule has 1 fully saturated rings. The van der Waals surface area contributed by atoms with Crippen molar-refractivity contribution in [1.82, 2.24) is 10.6 Å². The Bertz CT molecular complexity index is 433. The van der Waals surface area contributed by atoms with E-state index in [-0.39, 0.29) is 55.3 Å². The van der Waals surface area contributed by atoms with Gasteiger partial charge in [-0.25, -0.2) is 4.57 Å². The summed E-state index contributed by atoms with van der Waals surface area (Å²) in [6.45, 7) is 11.9. The number of piperidine rings is 1. The van der Waals surface area contributed by atoms with E-state index in [1.165, 1.54) is 0 Å². The fourth-order valence-corrected chi connectivity index (χ4v) is 4.39. The van der Waals surface area contributed by atoms with Gasteiger partial charge in [0, 0.05) is 17.1 Å². The first kappa shape index (κ1) is 23.8. The van der Waals surface area contributed by atoms with Gasteiger partial charge in [-0.05, 0) is 54.4 Å². The van der Waals surface area contributed by atoms with Crippen LogP contribution in [-0.4, -0.2) is 42.8 Å². The fraction of sp³-hybridized carbons (Fsp3) is 0.933. The van der Waals surface area contributed by atoms with Gasteiger partial charge in [0.05, 0.1) is 13.2 Å². The van der Waals surface area contributed by atoms with Crippen molar-refractivity contribution in [3.8, 4) is 0 Å². The Morgan fingerprint density at radius 3 is 1.96 bits per heavy atom. The Morgan fingerprint density at radius 2 is 1.54 bits per heavy atom. The van der Waals surface area contributed by atoms with Gasteiger partial charge in [0.25, 0.3) is 0 Å². The SMILES string of the molecule is CCOP(=O)(OCC)OCC(=O)NC1CC(C)(C)NC(C)(C)C1.Cl. The first-order chi connectivity index (χ1) is 10.5. The minimum Gasteiger partial charge on any atom is -0.351 e. The van der Waals surface area contributed by atoms with E-state index < -0.39 is 7.82 Å². The summed E-state index contributed by atoms with van der Waals surface area (Å²) in [4.78, 5) is 12.1. The molecule has 1 rings (SSSR count). The predicted molar refractivity (Wildman–Crippen MR) is 96.5 cm³/mol. The van der Waals surface area contributed by atoms with Crippen LogP contribution in [0.1, 0.15) is 54.4 Å². The molecule has 0 aromatic rings. The van der Waals surface area contributed by atoms with Crippen LogP contribution < -0.4 is 10.6 Å².